The van der Waals surface area contributed by atoms with E-state index in [1.165, 1.54) is 0 Å². The standard InChI is InChI=1S/C15H21F2N3O/c1-20(2)9-12-6-4-3-5-11(12)8-18-14(21)13-7-15(16,17)10-19-13/h3-6,13,19H,7-10H2,1-2H3,(H,18,21). The normalized spacial score (nSPS) is 20.7. The highest BCUT2D eigenvalue weighted by molar-refractivity contribution is 5.82. The van der Waals surface area contributed by atoms with Gasteiger partial charge in [-0.25, -0.2) is 8.78 Å². The molecule has 1 aromatic rings. The van der Waals surface area contributed by atoms with Gasteiger partial charge in [-0.15, -0.1) is 0 Å². The van der Waals surface area contributed by atoms with E-state index in [2.05, 4.69) is 10.6 Å². The molecule has 116 valence electrons. The number of nitrogens with zero attached hydrogens (tertiary/aromatic N) is 1. The molecule has 1 aliphatic heterocycles. The smallest absolute Gasteiger partial charge is 0.262 e. The first kappa shape index (κ1) is 15.9. The summed E-state index contributed by atoms with van der Waals surface area (Å²) in [5, 5.41) is 5.30. The largest absolute Gasteiger partial charge is 0.351 e. The predicted molar refractivity (Wildman–Crippen MR) is 77.0 cm³/mol. The van der Waals surface area contributed by atoms with Crippen LogP contribution in [0.5, 0.6) is 0 Å². The van der Waals surface area contributed by atoms with Crippen LogP contribution in [-0.4, -0.2) is 43.4 Å². The van der Waals surface area contributed by atoms with Crippen LogP contribution in [0.25, 0.3) is 0 Å². The fourth-order valence-corrected chi connectivity index (χ4v) is 2.43. The lowest BCUT2D eigenvalue weighted by atomic mass is 10.1. The number of amides is 1. The molecular formula is C15H21F2N3O. The van der Waals surface area contributed by atoms with E-state index in [0.717, 1.165) is 17.7 Å². The Morgan fingerprint density at radius 1 is 1.38 bits per heavy atom. The molecule has 0 aliphatic carbocycles. The van der Waals surface area contributed by atoms with Crippen LogP contribution in [0, 0.1) is 0 Å². The number of carbonyl (C=O) groups is 1. The van der Waals surface area contributed by atoms with Crippen LogP contribution in [-0.2, 0) is 17.9 Å². The Morgan fingerprint density at radius 2 is 2.05 bits per heavy atom. The fourth-order valence-electron chi connectivity index (χ4n) is 2.43. The minimum atomic E-state index is -2.79. The first-order chi connectivity index (χ1) is 9.87. The van der Waals surface area contributed by atoms with Crippen LogP contribution in [0.4, 0.5) is 8.78 Å². The highest BCUT2D eigenvalue weighted by atomic mass is 19.3. The van der Waals surface area contributed by atoms with Crippen molar-refractivity contribution in [1.29, 1.82) is 0 Å². The third kappa shape index (κ3) is 4.47. The van der Waals surface area contributed by atoms with Crippen LogP contribution in [0.2, 0.25) is 0 Å². The van der Waals surface area contributed by atoms with Crippen LogP contribution in [0.15, 0.2) is 24.3 Å². The second-order valence-corrected chi connectivity index (χ2v) is 5.72. The monoisotopic (exact) mass is 297 g/mol. The number of rotatable bonds is 5. The van der Waals surface area contributed by atoms with E-state index < -0.39 is 24.9 Å². The summed E-state index contributed by atoms with van der Waals surface area (Å²) in [5.74, 6) is -3.16. The van der Waals surface area contributed by atoms with Crippen molar-refractivity contribution in [3.05, 3.63) is 35.4 Å². The second kappa shape index (κ2) is 6.49. The molecule has 1 amide bonds. The summed E-state index contributed by atoms with van der Waals surface area (Å²) in [6.07, 6.45) is -0.432. The average molecular weight is 297 g/mol. The van der Waals surface area contributed by atoms with Gasteiger partial charge in [-0.3, -0.25) is 10.1 Å². The highest BCUT2D eigenvalue weighted by Crippen LogP contribution is 2.25. The molecule has 2 N–H and O–H groups in total. The third-order valence-electron chi connectivity index (χ3n) is 3.48. The fraction of sp³-hybridized carbons (Fsp3) is 0.533. The Morgan fingerprint density at radius 3 is 2.62 bits per heavy atom. The van der Waals surface area contributed by atoms with Crippen molar-refractivity contribution in [2.24, 2.45) is 0 Å². The molecule has 1 aliphatic rings. The zero-order valence-electron chi connectivity index (χ0n) is 12.3. The first-order valence-electron chi connectivity index (χ1n) is 6.98. The van der Waals surface area contributed by atoms with Gasteiger partial charge < -0.3 is 10.2 Å². The molecule has 21 heavy (non-hydrogen) atoms. The maximum atomic E-state index is 13.1. The van der Waals surface area contributed by atoms with Gasteiger partial charge in [0.15, 0.2) is 0 Å². The molecule has 0 spiro atoms. The lowest BCUT2D eigenvalue weighted by Crippen LogP contribution is -2.40. The Labute approximate surface area is 123 Å². The summed E-state index contributed by atoms with van der Waals surface area (Å²) in [6.45, 7) is 0.695. The molecule has 1 saturated heterocycles. The summed E-state index contributed by atoms with van der Waals surface area (Å²) in [5.41, 5.74) is 2.12. The molecule has 2 rings (SSSR count). The van der Waals surface area contributed by atoms with Crippen molar-refractivity contribution in [3.63, 3.8) is 0 Å². The summed E-state index contributed by atoms with van der Waals surface area (Å²) >= 11 is 0. The third-order valence-corrected chi connectivity index (χ3v) is 3.48. The van der Waals surface area contributed by atoms with Crippen LogP contribution >= 0.6 is 0 Å². The zero-order valence-corrected chi connectivity index (χ0v) is 12.3. The van der Waals surface area contributed by atoms with Gasteiger partial charge in [0, 0.05) is 19.5 Å². The molecule has 1 unspecified atom stereocenters. The number of benzene rings is 1. The SMILES string of the molecule is CN(C)Cc1ccccc1CNC(=O)C1CC(F)(F)CN1. The minimum Gasteiger partial charge on any atom is -0.351 e. The van der Waals surface area contributed by atoms with Crippen molar-refractivity contribution < 1.29 is 13.6 Å². The van der Waals surface area contributed by atoms with Gasteiger partial charge in [0.2, 0.25) is 5.91 Å². The molecule has 6 heteroatoms. The molecule has 1 atom stereocenters. The van der Waals surface area contributed by atoms with E-state index in [0.29, 0.717) is 6.54 Å². The Bertz CT molecular complexity index is 505. The van der Waals surface area contributed by atoms with Crippen LogP contribution in [0.1, 0.15) is 17.5 Å². The molecule has 1 fully saturated rings. The molecule has 1 heterocycles. The maximum Gasteiger partial charge on any atom is 0.262 e. The van der Waals surface area contributed by atoms with E-state index >= 15 is 0 Å². The van der Waals surface area contributed by atoms with Gasteiger partial charge in [-0.05, 0) is 25.2 Å². The Kier molecular flexibility index (Phi) is 4.90. The van der Waals surface area contributed by atoms with Gasteiger partial charge in [-0.1, -0.05) is 24.3 Å². The topological polar surface area (TPSA) is 44.4 Å². The number of halogens is 2. The molecule has 0 saturated carbocycles. The van der Waals surface area contributed by atoms with E-state index in [9.17, 15) is 13.6 Å². The Balaban J connectivity index is 1.93. The van der Waals surface area contributed by atoms with Crippen LogP contribution in [0.3, 0.4) is 0 Å². The van der Waals surface area contributed by atoms with Gasteiger partial charge >= 0.3 is 0 Å². The van der Waals surface area contributed by atoms with Crippen molar-refractivity contribution in [1.82, 2.24) is 15.5 Å². The van der Waals surface area contributed by atoms with Gasteiger partial charge in [0.25, 0.3) is 5.92 Å². The van der Waals surface area contributed by atoms with Crippen molar-refractivity contribution >= 4 is 5.91 Å². The summed E-state index contributed by atoms with van der Waals surface area (Å²) in [7, 11) is 3.94. The maximum absolute atomic E-state index is 13.1. The first-order valence-corrected chi connectivity index (χ1v) is 6.98. The minimum absolute atomic E-state index is 0.354. The number of hydrogen-bond donors (Lipinski definition) is 2. The molecule has 0 bridgehead atoms. The molecular weight excluding hydrogens is 276 g/mol. The van der Waals surface area contributed by atoms with Gasteiger partial charge in [0.05, 0.1) is 12.6 Å². The van der Waals surface area contributed by atoms with E-state index in [-0.39, 0.29) is 5.91 Å². The van der Waals surface area contributed by atoms with Crippen molar-refractivity contribution in [2.75, 3.05) is 20.6 Å². The average Bonchev–Trinajstić information content (AvgIpc) is 2.77. The predicted octanol–water partition coefficient (Wildman–Crippen LogP) is 1.36. The van der Waals surface area contributed by atoms with Crippen molar-refractivity contribution in [2.45, 2.75) is 31.5 Å². The summed E-state index contributed by atoms with van der Waals surface area (Å²) < 4.78 is 26.2. The van der Waals surface area contributed by atoms with E-state index in [4.69, 9.17) is 0 Å². The van der Waals surface area contributed by atoms with Crippen LogP contribution < -0.4 is 10.6 Å². The number of nitrogens with one attached hydrogen (secondary N) is 2. The van der Waals surface area contributed by atoms with E-state index in [1.54, 1.807) is 0 Å². The zero-order chi connectivity index (χ0) is 15.5. The number of hydrogen-bond acceptors (Lipinski definition) is 3. The Hall–Kier alpha value is -1.53. The number of carbonyl (C=O) groups excluding carboxylic acids is 1. The van der Waals surface area contributed by atoms with Gasteiger partial charge in [0.1, 0.15) is 0 Å². The molecule has 0 radical (unpaired) electrons. The number of alkyl halides is 2. The summed E-state index contributed by atoms with van der Waals surface area (Å²) in [4.78, 5) is 14.0. The van der Waals surface area contributed by atoms with E-state index in [1.807, 2.05) is 43.3 Å². The lowest BCUT2D eigenvalue weighted by Gasteiger charge is -2.16. The molecule has 0 aromatic heterocycles. The lowest BCUT2D eigenvalue weighted by molar-refractivity contribution is -0.123. The second-order valence-electron chi connectivity index (χ2n) is 5.72. The quantitative estimate of drug-likeness (QED) is 0.862. The summed E-state index contributed by atoms with van der Waals surface area (Å²) in [6, 6.07) is 6.99. The van der Waals surface area contributed by atoms with Gasteiger partial charge in [-0.2, -0.15) is 0 Å². The highest BCUT2D eigenvalue weighted by Gasteiger charge is 2.42. The van der Waals surface area contributed by atoms with Crippen molar-refractivity contribution in [3.8, 4) is 0 Å². The molecule has 1 aromatic carbocycles. The molecule has 4 nitrogen and oxygen atoms in total.